The number of nitrogens with zero attached hydrogens (tertiary/aromatic N) is 2. The Morgan fingerprint density at radius 2 is 2.10 bits per heavy atom. The summed E-state index contributed by atoms with van der Waals surface area (Å²) in [6, 6.07) is 10.6. The van der Waals surface area contributed by atoms with Crippen molar-refractivity contribution < 1.29 is 18.7 Å². The highest BCUT2D eigenvalue weighted by molar-refractivity contribution is 6.31. The molecule has 2 aromatic rings. The summed E-state index contributed by atoms with van der Waals surface area (Å²) in [6.07, 6.45) is 1.62. The van der Waals surface area contributed by atoms with Gasteiger partial charge < -0.3 is 10.0 Å². The average molecular weight is 447 g/mol. The summed E-state index contributed by atoms with van der Waals surface area (Å²) in [6.45, 7) is 2.66. The largest absolute Gasteiger partial charge is 0.384 e. The Morgan fingerprint density at radius 1 is 1.32 bits per heavy atom. The quantitative estimate of drug-likeness (QED) is 0.662. The summed E-state index contributed by atoms with van der Waals surface area (Å²) in [5, 5.41) is 19.0. The van der Waals surface area contributed by atoms with Gasteiger partial charge in [-0.15, -0.1) is 0 Å². The highest BCUT2D eigenvalue weighted by atomic mass is 35.5. The molecule has 3 rings (SSSR count). The lowest BCUT2D eigenvalue weighted by molar-refractivity contribution is -0.138. The normalized spacial score (nSPS) is 17.9. The van der Waals surface area contributed by atoms with E-state index in [1.807, 2.05) is 12.1 Å². The van der Waals surface area contributed by atoms with Crippen molar-refractivity contribution in [3.8, 4) is 6.07 Å². The minimum atomic E-state index is -1.01. The number of likely N-dealkylation sites (tertiary alicyclic amines) is 1. The van der Waals surface area contributed by atoms with Crippen molar-refractivity contribution >= 4 is 17.5 Å². The first-order valence-corrected chi connectivity index (χ1v) is 10.8. The molecule has 0 saturated carbocycles. The molecule has 164 valence electrons. The summed E-state index contributed by atoms with van der Waals surface area (Å²) in [4.78, 5) is 13.7. The molecule has 31 heavy (non-hydrogen) atoms. The number of benzene rings is 2. The number of amides is 1. The first-order valence-electron chi connectivity index (χ1n) is 10.4. The van der Waals surface area contributed by atoms with Crippen LogP contribution in [0, 0.1) is 28.9 Å². The fourth-order valence-electron chi connectivity index (χ4n) is 4.20. The summed E-state index contributed by atoms with van der Waals surface area (Å²) in [5.74, 6) is -1.06. The van der Waals surface area contributed by atoms with E-state index in [0.717, 1.165) is 30.5 Å². The van der Waals surface area contributed by atoms with E-state index in [-0.39, 0.29) is 17.7 Å². The van der Waals surface area contributed by atoms with E-state index >= 15 is 0 Å². The third-order valence-corrected chi connectivity index (χ3v) is 6.25. The fraction of sp³-hybridized carbons (Fsp3) is 0.417. The molecule has 2 aromatic carbocycles. The average Bonchev–Trinajstić information content (AvgIpc) is 3.21. The van der Waals surface area contributed by atoms with Crippen LogP contribution in [0.15, 0.2) is 36.4 Å². The van der Waals surface area contributed by atoms with Crippen molar-refractivity contribution in [2.45, 2.75) is 44.6 Å². The van der Waals surface area contributed by atoms with Crippen molar-refractivity contribution in [2.75, 3.05) is 13.1 Å². The zero-order chi connectivity index (χ0) is 22.5. The molecule has 1 fully saturated rings. The summed E-state index contributed by atoms with van der Waals surface area (Å²) < 4.78 is 28.0. The van der Waals surface area contributed by atoms with Gasteiger partial charge >= 0.3 is 0 Å². The predicted molar refractivity (Wildman–Crippen MR) is 115 cm³/mol. The van der Waals surface area contributed by atoms with Crippen LogP contribution in [-0.4, -0.2) is 35.1 Å². The number of rotatable bonds is 7. The Morgan fingerprint density at radius 3 is 2.77 bits per heavy atom. The molecule has 7 heteroatoms. The maximum atomic E-state index is 14.3. The molecule has 0 bridgehead atoms. The SMILES string of the molecule is CC(O)C(=O)N1CC[C@H](CCC(Cc2cc(F)ccc2F)c2ccc(C#N)c(Cl)c2)C1. The molecule has 0 spiro atoms. The second-order valence-corrected chi connectivity index (χ2v) is 8.59. The lowest BCUT2D eigenvalue weighted by atomic mass is 9.85. The molecule has 2 unspecified atom stereocenters. The third-order valence-electron chi connectivity index (χ3n) is 5.94. The number of carbonyl (C=O) groups excluding carboxylic acids is 1. The standard InChI is InChI=1S/C24H25ClF2N2O2/c1-15(30)24(31)29-9-8-16(14-29)2-3-17(10-20-11-21(26)6-7-23(20)27)18-4-5-19(13-28)22(25)12-18/h4-7,11-12,15-17,30H,2-3,8-10,14H2,1H3/t15?,16-,17?/m0/s1. The van der Waals surface area contributed by atoms with Crippen molar-refractivity contribution in [3.63, 3.8) is 0 Å². The Kier molecular flexibility index (Phi) is 7.64. The maximum absolute atomic E-state index is 14.3. The third kappa shape index (κ3) is 5.81. The topological polar surface area (TPSA) is 64.3 Å². The Hall–Kier alpha value is -2.49. The zero-order valence-electron chi connectivity index (χ0n) is 17.3. The van der Waals surface area contributed by atoms with Crippen molar-refractivity contribution in [1.29, 1.82) is 5.26 Å². The molecular weight excluding hydrogens is 422 g/mol. The van der Waals surface area contributed by atoms with Gasteiger partial charge in [0.25, 0.3) is 5.91 Å². The van der Waals surface area contributed by atoms with Crippen molar-refractivity contribution in [1.82, 2.24) is 4.90 Å². The Labute approximate surface area is 186 Å². The van der Waals surface area contributed by atoms with Crippen LogP contribution in [0.5, 0.6) is 0 Å². The number of aliphatic hydroxyl groups is 1. The Balaban J connectivity index is 1.76. The molecule has 1 aliphatic heterocycles. The van der Waals surface area contributed by atoms with Crippen LogP contribution < -0.4 is 0 Å². The maximum Gasteiger partial charge on any atom is 0.251 e. The Bertz CT molecular complexity index is 990. The van der Waals surface area contributed by atoms with Gasteiger partial charge in [0.1, 0.15) is 23.8 Å². The molecular formula is C24H25ClF2N2O2. The van der Waals surface area contributed by atoms with Crippen LogP contribution in [0.2, 0.25) is 5.02 Å². The molecule has 0 aliphatic carbocycles. The van der Waals surface area contributed by atoms with Gasteiger partial charge in [0, 0.05) is 13.1 Å². The lowest BCUT2D eigenvalue weighted by Crippen LogP contribution is -2.36. The summed E-state index contributed by atoms with van der Waals surface area (Å²) in [5.41, 5.74) is 1.52. The second-order valence-electron chi connectivity index (χ2n) is 8.18. The molecule has 0 radical (unpaired) electrons. The van der Waals surface area contributed by atoms with E-state index in [2.05, 4.69) is 0 Å². The van der Waals surface area contributed by atoms with Gasteiger partial charge in [-0.05, 0) is 85.9 Å². The zero-order valence-corrected chi connectivity index (χ0v) is 18.1. The predicted octanol–water partition coefficient (Wildman–Crippen LogP) is 4.83. The summed E-state index contributed by atoms with van der Waals surface area (Å²) >= 11 is 6.22. The monoisotopic (exact) mass is 446 g/mol. The van der Waals surface area contributed by atoms with Gasteiger partial charge in [-0.3, -0.25) is 4.79 Å². The summed E-state index contributed by atoms with van der Waals surface area (Å²) in [7, 11) is 0. The number of nitriles is 1. The van der Waals surface area contributed by atoms with Crippen LogP contribution in [0.1, 0.15) is 48.8 Å². The van der Waals surface area contributed by atoms with Gasteiger partial charge in [-0.2, -0.15) is 5.26 Å². The van der Waals surface area contributed by atoms with Crippen LogP contribution >= 0.6 is 11.6 Å². The molecule has 4 nitrogen and oxygen atoms in total. The lowest BCUT2D eigenvalue weighted by Gasteiger charge is -2.21. The first kappa shape index (κ1) is 23.2. The second kappa shape index (κ2) is 10.2. The molecule has 3 atom stereocenters. The van der Waals surface area contributed by atoms with E-state index in [4.69, 9.17) is 16.9 Å². The van der Waals surface area contributed by atoms with Gasteiger partial charge in [0.05, 0.1) is 10.6 Å². The van der Waals surface area contributed by atoms with Crippen LogP contribution in [0.3, 0.4) is 0 Å². The fourth-order valence-corrected chi connectivity index (χ4v) is 4.43. The number of halogens is 3. The highest BCUT2D eigenvalue weighted by Gasteiger charge is 2.29. The van der Waals surface area contributed by atoms with Crippen molar-refractivity contribution in [2.24, 2.45) is 5.92 Å². The van der Waals surface area contributed by atoms with E-state index in [0.29, 0.717) is 42.1 Å². The molecule has 0 aromatic heterocycles. The molecule has 1 heterocycles. The van der Waals surface area contributed by atoms with E-state index in [1.54, 1.807) is 17.0 Å². The van der Waals surface area contributed by atoms with Crippen LogP contribution in [0.4, 0.5) is 8.78 Å². The first-order chi connectivity index (χ1) is 14.8. The minimum Gasteiger partial charge on any atom is -0.384 e. The smallest absolute Gasteiger partial charge is 0.251 e. The van der Waals surface area contributed by atoms with Crippen LogP contribution in [-0.2, 0) is 11.2 Å². The molecule has 1 N–H and O–H groups in total. The van der Waals surface area contributed by atoms with Gasteiger partial charge in [0.2, 0.25) is 0 Å². The van der Waals surface area contributed by atoms with Crippen LogP contribution in [0.25, 0.3) is 0 Å². The van der Waals surface area contributed by atoms with E-state index in [9.17, 15) is 18.7 Å². The number of hydrogen-bond donors (Lipinski definition) is 1. The number of hydrogen-bond acceptors (Lipinski definition) is 3. The number of aliphatic hydroxyl groups excluding tert-OH is 1. The molecule has 1 amide bonds. The molecule has 1 aliphatic rings. The van der Waals surface area contributed by atoms with Gasteiger partial charge in [-0.1, -0.05) is 17.7 Å². The van der Waals surface area contributed by atoms with Crippen molar-refractivity contribution in [3.05, 3.63) is 69.7 Å². The number of carbonyl (C=O) groups is 1. The van der Waals surface area contributed by atoms with Gasteiger partial charge in [0.15, 0.2) is 0 Å². The molecule has 1 saturated heterocycles. The van der Waals surface area contributed by atoms with Gasteiger partial charge in [-0.25, -0.2) is 8.78 Å². The van der Waals surface area contributed by atoms with E-state index in [1.165, 1.54) is 13.0 Å². The highest BCUT2D eigenvalue weighted by Crippen LogP contribution is 2.33. The minimum absolute atomic E-state index is 0.122. The van der Waals surface area contributed by atoms with E-state index < -0.39 is 17.7 Å².